The zero-order valence-corrected chi connectivity index (χ0v) is 9.28. The van der Waals surface area contributed by atoms with Gasteiger partial charge in [0.1, 0.15) is 12.4 Å². The number of rotatable bonds is 3. The molecule has 2 N–H and O–H groups in total. The summed E-state index contributed by atoms with van der Waals surface area (Å²) in [6.07, 6.45) is 0. The van der Waals surface area contributed by atoms with Gasteiger partial charge >= 0.3 is 0 Å². The molecule has 1 aliphatic heterocycles. The van der Waals surface area contributed by atoms with E-state index in [0.717, 1.165) is 0 Å². The van der Waals surface area contributed by atoms with Crippen LogP contribution in [0.15, 0.2) is 18.2 Å². The summed E-state index contributed by atoms with van der Waals surface area (Å²) >= 11 is 0. The van der Waals surface area contributed by atoms with Gasteiger partial charge in [0.05, 0.1) is 5.69 Å². The van der Waals surface area contributed by atoms with Crippen LogP contribution < -0.4 is 15.4 Å². The lowest BCUT2D eigenvalue weighted by Crippen LogP contribution is -2.25. The summed E-state index contributed by atoms with van der Waals surface area (Å²) in [6, 6.07) is 5.01. The predicted octanol–water partition coefficient (Wildman–Crippen LogP) is 0.602. The number of carbonyl (C=O) groups excluding carboxylic acids is 2. The van der Waals surface area contributed by atoms with Gasteiger partial charge in [0, 0.05) is 18.9 Å². The molecule has 1 aromatic carbocycles. The molecule has 6 nitrogen and oxygen atoms in total. The van der Waals surface area contributed by atoms with Crippen molar-refractivity contribution in [1.82, 2.24) is 0 Å². The lowest BCUT2D eigenvalue weighted by molar-refractivity contribution is -0.120. The Morgan fingerprint density at radius 1 is 1.59 bits per heavy atom. The molecular formula is C11H12N2O4. The largest absolute Gasteiger partial charge is 0.482 e. The SMILES string of the molecule is COCC(=O)Nc1ccc2c(c1)OCC(=O)N2. The quantitative estimate of drug-likeness (QED) is 0.805. The van der Waals surface area contributed by atoms with Crippen molar-refractivity contribution in [3.8, 4) is 5.75 Å². The molecule has 2 amide bonds. The van der Waals surface area contributed by atoms with Gasteiger partial charge in [0.25, 0.3) is 5.91 Å². The molecule has 6 heteroatoms. The molecule has 2 rings (SSSR count). The molecule has 0 saturated heterocycles. The van der Waals surface area contributed by atoms with Gasteiger partial charge in [-0.2, -0.15) is 0 Å². The first-order chi connectivity index (χ1) is 8.19. The molecule has 0 atom stereocenters. The van der Waals surface area contributed by atoms with Crippen LogP contribution in [-0.2, 0) is 14.3 Å². The Labute approximate surface area is 97.9 Å². The van der Waals surface area contributed by atoms with Crippen LogP contribution in [0.25, 0.3) is 0 Å². The van der Waals surface area contributed by atoms with Gasteiger partial charge in [-0.3, -0.25) is 9.59 Å². The maximum Gasteiger partial charge on any atom is 0.262 e. The van der Waals surface area contributed by atoms with Crippen molar-refractivity contribution >= 4 is 23.2 Å². The van der Waals surface area contributed by atoms with Crippen LogP contribution >= 0.6 is 0 Å². The number of benzene rings is 1. The second kappa shape index (κ2) is 4.84. The smallest absolute Gasteiger partial charge is 0.262 e. The number of carbonyl (C=O) groups is 2. The number of ether oxygens (including phenoxy) is 2. The molecule has 0 unspecified atom stereocenters. The predicted molar refractivity (Wildman–Crippen MR) is 61.1 cm³/mol. The normalized spacial score (nSPS) is 13.4. The highest BCUT2D eigenvalue weighted by Crippen LogP contribution is 2.30. The molecule has 0 saturated carbocycles. The second-order valence-electron chi connectivity index (χ2n) is 3.53. The average molecular weight is 236 g/mol. The van der Waals surface area contributed by atoms with Gasteiger partial charge in [-0.25, -0.2) is 0 Å². The number of amides is 2. The summed E-state index contributed by atoms with van der Waals surface area (Å²) in [5, 5.41) is 5.31. The summed E-state index contributed by atoms with van der Waals surface area (Å²) < 4.78 is 9.93. The van der Waals surface area contributed by atoms with E-state index >= 15 is 0 Å². The maximum absolute atomic E-state index is 11.3. The third-order valence-electron chi connectivity index (χ3n) is 2.17. The minimum absolute atomic E-state index is 0.00528. The third-order valence-corrected chi connectivity index (χ3v) is 2.17. The summed E-state index contributed by atoms with van der Waals surface area (Å²) in [5.74, 6) is 0.112. The zero-order valence-electron chi connectivity index (χ0n) is 9.28. The Morgan fingerprint density at radius 3 is 3.18 bits per heavy atom. The lowest BCUT2D eigenvalue weighted by Gasteiger charge is -2.18. The van der Waals surface area contributed by atoms with Crippen LogP contribution in [0.5, 0.6) is 5.75 Å². The highest BCUT2D eigenvalue weighted by Gasteiger charge is 2.16. The van der Waals surface area contributed by atoms with Crippen molar-refractivity contribution in [3.63, 3.8) is 0 Å². The molecule has 90 valence electrons. The van der Waals surface area contributed by atoms with Gasteiger partial charge in [0.2, 0.25) is 5.91 Å². The molecule has 0 radical (unpaired) electrons. The molecule has 1 aliphatic rings. The van der Waals surface area contributed by atoms with E-state index in [9.17, 15) is 9.59 Å². The van der Waals surface area contributed by atoms with E-state index < -0.39 is 0 Å². The number of anilines is 2. The fourth-order valence-corrected chi connectivity index (χ4v) is 1.48. The van der Waals surface area contributed by atoms with Crippen molar-refractivity contribution in [2.75, 3.05) is 31.0 Å². The molecule has 0 bridgehead atoms. The average Bonchev–Trinajstić information content (AvgIpc) is 2.29. The Balaban J connectivity index is 2.11. The minimum Gasteiger partial charge on any atom is -0.482 e. The summed E-state index contributed by atoms with van der Waals surface area (Å²) in [6.45, 7) is -0.0167. The fraction of sp³-hybridized carbons (Fsp3) is 0.273. The molecule has 0 aromatic heterocycles. The van der Waals surface area contributed by atoms with E-state index in [0.29, 0.717) is 17.1 Å². The van der Waals surface area contributed by atoms with Gasteiger partial charge in [-0.05, 0) is 12.1 Å². The number of fused-ring (bicyclic) bond motifs is 1. The number of hydrogen-bond donors (Lipinski definition) is 2. The van der Waals surface area contributed by atoms with Gasteiger partial charge in [0.15, 0.2) is 6.61 Å². The lowest BCUT2D eigenvalue weighted by atomic mass is 10.2. The maximum atomic E-state index is 11.3. The van der Waals surface area contributed by atoms with Crippen molar-refractivity contribution in [3.05, 3.63) is 18.2 Å². The van der Waals surface area contributed by atoms with Crippen LogP contribution in [0.4, 0.5) is 11.4 Å². The van der Waals surface area contributed by atoms with E-state index in [1.165, 1.54) is 7.11 Å². The van der Waals surface area contributed by atoms with Crippen molar-refractivity contribution < 1.29 is 19.1 Å². The Morgan fingerprint density at radius 2 is 2.41 bits per heavy atom. The Kier molecular flexibility index (Phi) is 3.24. The molecule has 0 fully saturated rings. The van der Waals surface area contributed by atoms with E-state index in [4.69, 9.17) is 9.47 Å². The van der Waals surface area contributed by atoms with Crippen LogP contribution in [0.3, 0.4) is 0 Å². The topological polar surface area (TPSA) is 76.7 Å². The molecule has 1 aromatic rings. The monoisotopic (exact) mass is 236 g/mol. The van der Waals surface area contributed by atoms with Crippen molar-refractivity contribution in [1.29, 1.82) is 0 Å². The molecule has 0 spiro atoms. The van der Waals surface area contributed by atoms with E-state index in [1.54, 1.807) is 18.2 Å². The number of nitrogens with one attached hydrogen (secondary N) is 2. The molecule has 17 heavy (non-hydrogen) atoms. The first-order valence-corrected chi connectivity index (χ1v) is 5.04. The van der Waals surface area contributed by atoms with Crippen LogP contribution in [0.1, 0.15) is 0 Å². The van der Waals surface area contributed by atoms with E-state index in [2.05, 4.69) is 10.6 Å². The highest BCUT2D eigenvalue weighted by atomic mass is 16.5. The first kappa shape index (κ1) is 11.4. The van der Waals surface area contributed by atoms with Gasteiger partial charge < -0.3 is 20.1 Å². The zero-order chi connectivity index (χ0) is 12.3. The van der Waals surface area contributed by atoms with Crippen molar-refractivity contribution in [2.45, 2.75) is 0 Å². The standard InChI is InChI=1S/C11H12N2O4/c1-16-5-10(14)12-7-2-3-8-9(4-7)17-6-11(15)13-8/h2-4H,5-6H2,1H3,(H,12,14)(H,13,15). The first-order valence-electron chi connectivity index (χ1n) is 5.04. The van der Waals surface area contributed by atoms with Crippen LogP contribution in [0.2, 0.25) is 0 Å². The molecule has 0 aliphatic carbocycles. The Hall–Kier alpha value is -2.08. The van der Waals surface area contributed by atoms with Crippen LogP contribution in [0, 0.1) is 0 Å². The molecule has 1 heterocycles. The number of methoxy groups -OCH3 is 1. The summed E-state index contributed by atoms with van der Waals surface area (Å²) in [4.78, 5) is 22.3. The van der Waals surface area contributed by atoms with Crippen molar-refractivity contribution in [2.24, 2.45) is 0 Å². The van der Waals surface area contributed by atoms with Crippen LogP contribution in [-0.4, -0.2) is 32.1 Å². The second-order valence-corrected chi connectivity index (χ2v) is 3.53. The number of hydrogen-bond acceptors (Lipinski definition) is 4. The Bertz CT molecular complexity index is 459. The highest BCUT2D eigenvalue weighted by molar-refractivity contribution is 5.97. The van der Waals surface area contributed by atoms with Gasteiger partial charge in [-0.15, -0.1) is 0 Å². The van der Waals surface area contributed by atoms with Gasteiger partial charge in [-0.1, -0.05) is 0 Å². The third kappa shape index (κ3) is 2.73. The summed E-state index contributed by atoms with van der Waals surface area (Å²) in [7, 11) is 1.45. The summed E-state index contributed by atoms with van der Waals surface area (Å²) in [5.41, 5.74) is 1.20. The van der Waals surface area contributed by atoms with E-state index in [1.807, 2.05) is 0 Å². The van der Waals surface area contributed by atoms with E-state index in [-0.39, 0.29) is 25.0 Å². The fourth-order valence-electron chi connectivity index (χ4n) is 1.48. The minimum atomic E-state index is -0.243. The molecular weight excluding hydrogens is 224 g/mol.